The van der Waals surface area contributed by atoms with Crippen LogP contribution in [0.15, 0.2) is 42.5 Å². The first-order chi connectivity index (χ1) is 9.66. The monoisotopic (exact) mass is 271 g/mol. The Morgan fingerprint density at radius 3 is 2.65 bits per heavy atom. The second-order valence-electron chi connectivity index (χ2n) is 4.59. The Kier molecular flexibility index (Phi) is 4.65. The number of aromatic nitrogens is 1. The molecule has 20 heavy (non-hydrogen) atoms. The van der Waals surface area contributed by atoms with Crippen molar-refractivity contribution in [1.29, 1.82) is 0 Å². The van der Waals surface area contributed by atoms with E-state index in [9.17, 15) is 10.1 Å². The van der Waals surface area contributed by atoms with Crippen LogP contribution in [0.2, 0.25) is 0 Å². The summed E-state index contributed by atoms with van der Waals surface area (Å²) in [4.78, 5) is 14.7. The zero-order valence-electron chi connectivity index (χ0n) is 11.4. The van der Waals surface area contributed by atoms with Gasteiger partial charge in [0, 0.05) is 18.3 Å². The van der Waals surface area contributed by atoms with Crippen LogP contribution >= 0.6 is 0 Å². The van der Waals surface area contributed by atoms with E-state index in [1.54, 1.807) is 6.07 Å². The molecule has 1 aromatic carbocycles. The van der Waals surface area contributed by atoms with Crippen LogP contribution in [-0.4, -0.2) is 16.5 Å². The third-order valence-corrected chi connectivity index (χ3v) is 2.99. The molecular weight excluding hydrogens is 254 g/mol. The van der Waals surface area contributed by atoms with E-state index in [0.717, 1.165) is 18.5 Å². The highest BCUT2D eigenvalue weighted by Gasteiger charge is 2.14. The van der Waals surface area contributed by atoms with Crippen LogP contribution in [0.3, 0.4) is 0 Å². The predicted octanol–water partition coefficient (Wildman–Crippen LogP) is 3.34. The van der Waals surface area contributed by atoms with Crippen molar-refractivity contribution in [3.05, 3.63) is 63.8 Å². The fourth-order valence-electron chi connectivity index (χ4n) is 1.97. The number of aryl methyl sites for hydroxylation is 2. The van der Waals surface area contributed by atoms with Crippen LogP contribution in [0.1, 0.15) is 17.7 Å². The van der Waals surface area contributed by atoms with Gasteiger partial charge in [-0.3, -0.25) is 10.1 Å². The van der Waals surface area contributed by atoms with Gasteiger partial charge in [0.15, 0.2) is 0 Å². The third-order valence-electron chi connectivity index (χ3n) is 2.99. The highest BCUT2D eigenvalue weighted by Crippen LogP contribution is 2.21. The molecule has 0 amide bonds. The fourth-order valence-corrected chi connectivity index (χ4v) is 1.97. The number of hydrogen-bond donors (Lipinski definition) is 1. The molecule has 0 saturated heterocycles. The molecule has 0 spiro atoms. The molecule has 2 aromatic rings. The van der Waals surface area contributed by atoms with Crippen LogP contribution in [0.25, 0.3) is 0 Å². The normalized spacial score (nSPS) is 10.2. The summed E-state index contributed by atoms with van der Waals surface area (Å²) in [5, 5.41) is 14.0. The Morgan fingerprint density at radius 1 is 1.20 bits per heavy atom. The summed E-state index contributed by atoms with van der Waals surface area (Å²) < 4.78 is 0. The number of pyridine rings is 1. The van der Waals surface area contributed by atoms with Gasteiger partial charge in [-0.25, -0.2) is 4.98 Å². The maximum Gasteiger partial charge on any atom is 0.311 e. The van der Waals surface area contributed by atoms with Crippen molar-refractivity contribution >= 4 is 11.5 Å². The molecule has 0 aliphatic carbocycles. The minimum Gasteiger partial charge on any atom is -0.364 e. The van der Waals surface area contributed by atoms with Gasteiger partial charge in [0.2, 0.25) is 5.82 Å². The van der Waals surface area contributed by atoms with E-state index in [4.69, 9.17) is 0 Å². The minimum atomic E-state index is -0.411. The first-order valence-corrected chi connectivity index (χ1v) is 6.56. The summed E-state index contributed by atoms with van der Waals surface area (Å²) in [6.07, 6.45) is 1.84. The lowest BCUT2D eigenvalue weighted by molar-refractivity contribution is -0.384. The Hall–Kier alpha value is -2.43. The molecule has 1 aromatic heterocycles. The number of nitrogens with zero attached hydrogens (tertiary/aromatic N) is 2. The molecule has 0 unspecified atom stereocenters. The van der Waals surface area contributed by atoms with Gasteiger partial charge in [-0.05, 0) is 31.4 Å². The van der Waals surface area contributed by atoms with Gasteiger partial charge < -0.3 is 5.32 Å². The van der Waals surface area contributed by atoms with Crippen molar-refractivity contribution in [1.82, 2.24) is 4.98 Å². The largest absolute Gasteiger partial charge is 0.364 e. The lowest BCUT2D eigenvalue weighted by Crippen LogP contribution is -2.07. The molecule has 5 nitrogen and oxygen atoms in total. The Labute approximate surface area is 117 Å². The molecule has 104 valence electrons. The first-order valence-electron chi connectivity index (χ1n) is 6.56. The van der Waals surface area contributed by atoms with Crippen molar-refractivity contribution < 1.29 is 4.92 Å². The topological polar surface area (TPSA) is 68.1 Å². The smallest absolute Gasteiger partial charge is 0.311 e. The molecule has 0 radical (unpaired) electrons. The molecular formula is C15H17N3O2. The minimum absolute atomic E-state index is 0.0234. The number of hydrogen-bond acceptors (Lipinski definition) is 4. The van der Waals surface area contributed by atoms with Crippen LogP contribution in [-0.2, 0) is 6.42 Å². The average molecular weight is 271 g/mol. The summed E-state index contributed by atoms with van der Waals surface area (Å²) in [7, 11) is 0. The molecule has 0 bridgehead atoms. The fraction of sp³-hybridized carbons (Fsp3) is 0.267. The molecule has 0 aliphatic rings. The highest BCUT2D eigenvalue weighted by molar-refractivity contribution is 5.55. The van der Waals surface area contributed by atoms with Crippen LogP contribution < -0.4 is 5.32 Å². The molecule has 0 fully saturated rings. The first kappa shape index (κ1) is 14.0. The van der Waals surface area contributed by atoms with E-state index in [-0.39, 0.29) is 5.69 Å². The number of anilines is 1. The second kappa shape index (κ2) is 6.65. The standard InChI is InChI=1S/C15H17N3O2/c1-12-9-10-14(18(19)20)15(17-12)16-11-5-8-13-6-3-2-4-7-13/h2-4,6-7,9-10H,5,8,11H2,1H3,(H,16,17). The summed E-state index contributed by atoms with van der Waals surface area (Å²) >= 11 is 0. The van der Waals surface area contributed by atoms with E-state index >= 15 is 0 Å². The molecule has 0 aliphatic heterocycles. The molecule has 1 heterocycles. The zero-order valence-corrected chi connectivity index (χ0v) is 11.4. The lowest BCUT2D eigenvalue weighted by Gasteiger charge is -2.07. The maximum absolute atomic E-state index is 10.9. The SMILES string of the molecule is Cc1ccc([N+](=O)[O-])c(NCCCc2ccccc2)n1. The van der Waals surface area contributed by atoms with Crippen molar-refractivity contribution in [3.8, 4) is 0 Å². The van der Waals surface area contributed by atoms with Gasteiger partial charge in [0.05, 0.1) is 4.92 Å². The van der Waals surface area contributed by atoms with E-state index in [1.807, 2.05) is 25.1 Å². The van der Waals surface area contributed by atoms with Gasteiger partial charge in [0.25, 0.3) is 0 Å². The van der Waals surface area contributed by atoms with Gasteiger partial charge in [-0.1, -0.05) is 30.3 Å². The van der Waals surface area contributed by atoms with Gasteiger partial charge in [-0.2, -0.15) is 0 Å². The summed E-state index contributed by atoms with van der Waals surface area (Å²) in [6.45, 7) is 2.48. The molecule has 0 saturated carbocycles. The van der Waals surface area contributed by atoms with Crippen LogP contribution in [0, 0.1) is 17.0 Å². The molecule has 0 atom stereocenters. The lowest BCUT2D eigenvalue weighted by atomic mass is 10.1. The second-order valence-corrected chi connectivity index (χ2v) is 4.59. The quantitative estimate of drug-likeness (QED) is 0.497. The van der Waals surface area contributed by atoms with Crippen LogP contribution in [0.4, 0.5) is 11.5 Å². The van der Waals surface area contributed by atoms with E-state index in [1.165, 1.54) is 11.6 Å². The van der Waals surface area contributed by atoms with Gasteiger partial charge in [-0.15, -0.1) is 0 Å². The Morgan fingerprint density at radius 2 is 1.95 bits per heavy atom. The van der Waals surface area contributed by atoms with Gasteiger partial charge >= 0.3 is 5.69 Å². The number of nitrogens with one attached hydrogen (secondary N) is 1. The summed E-state index contributed by atoms with van der Waals surface area (Å²) in [5.74, 6) is 0.350. The summed E-state index contributed by atoms with van der Waals surface area (Å²) in [6, 6.07) is 13.3. The maximum atomic E-state index is 10.9. The van der Waals surface area contributed by atoms with E-state index in [2.05, 4.69) is 22.4 Å². The molecule has 2 rings (SSSR count). The van der Waals surface area contributed by atoms with Gasteiger partial charge in [0.1, 0.15) is 0 Å². The van der Waals surface area contributed by atoms with Crippen molar-refractivity contribution in [2.24, 2.45) is 0 Å². The zero-order chi connectivity index (χ0) is 14.4. The molecule has 5 heteroatoms. The molecule has 1 N–H and O–H groups in total. The average Bonchev–Trinajstić information content (AvgIpc) is 2.44. The Bertz CT molecular complexity index is 585. The summed E-state index contributed by atoms with van der Waals surface area (Å²) in [5.41, 5.74) is 2.05. The van der Waals surface area contributed by atoms with Crippen molar-refractivity contribution in [3.63, 3.8) is 0 Å². The highest BCUT2D eigenvalue weighted by atomic mass is 16.6. The Balaban J connectivity index is 1.91. The third kappa shape index (κ3) is 3.78. The van der Waals surface area contributed by atoms with Crippen molar-refractivity contribution in [2.75, 3.05) is 11.9 Å². The van der Waals surface area contributed by atoms with E-state index < -0.39 is 4.92 Å². The number of rotatable bonds is 6. The predicted molar refractivity (Wildman–Crippen MR) is 78.9 cm³/mol. The number of nitro groups is 1. The van der Waals surface area contributed by atoms with Crippen molar-refractivity contribution in [2.45, 2.75) is 19.8 Å². The van der Waals surface area contributed by atoms with E-state index in [0.29, 0.717) is 12.4 Å². The van der Waals surface area contributed by atoms with Crippen LogP contribution in [0.5, 0.6) is 0 Å². The number of benzene rings is 1.